The molecule has 1 aromatic heterocycles. The first-order chi connectivity index (χ1) is 14.2. The number of hydrogen-bond donors (Lipinski definition) is 2. The zero-order valence-corrected chi connectivity index (χ0v) is 16.6. The molecule has 4 rings (SSSR count). The summed E-state index contributed by atoms with van der Waals surface area (Å²) in [5, 5.41) is 8.71. The maximum Gasteiger partial charge on any atom is 0.408 e. The Labute approximate surface area is 174 Å². The van der Waals surface area contributed by atoms with E-state index in [1.165, 1.54) is 0 Å². The van der Waals surface area contributed by atoms with Gasteiger partial charge in [-0.3, -0.25) is 10.3 Å². The van der Waals surface area contributed by atoms with Gasteiger partial charge in [0, 0.05) is 42.3 Å². The van der Waals surface area contributed by atoms with Gasteiger partial charge in [-0.2, -0.15) is 0 Å². The molecule has 1 saturated heterocycles. The third-order valence-electron chi connectivity index (χ3n) is 4.86. The predicted molar refractivity (Wildman–Crippen MR) is 112 cm³/mol. The minimum atomic E-state index is -0.485. The number of nitrogens with zero attached hydrogens (tertiary/aromatic N) is 1. The Hall–Kier alpha value is -2.83. The number of alkyl carbamates (subject to hydrolysis) is 1. The molecule has 1 amide bonds. The van der Waals surface area contributed by atoms with E-state index in [9.17, 15) is 4.79 Å². The highest BCUT2D eigenvalue weighted by Gasteiger charge is 2.25. The number of carbonyl (C=O) groups excluding carboxylic acids is 1. The third-order valence-corrected chi connectivity index (χ3v) is 5.23. The standard InChI is InChI=1S/C22H22ClN3O3/c23-20-4-2-1-3-17(20)14-26-22(27)29-21-12-19(8-10-25-21)28-18-6-5-16-13-24-9-7-15(16)11-18/h1-7,9,11,13,19,21,25H,8,10,12,14H2,(H,26,27)/t19-,21-/m1/s1. The largest absolute Gasteiger partial charge is 0.490 e. The molecule has 150 valence electrons. The Kier molecular flexibility index (Phi) is 6.12. The summed E-state index contributed by atoms with van der Waals surface area (Å²) >= 11 is 6.11. The third kappa shape index (κ3) is 5.16. The second-order valence-corrected chi connectivity index (χ2v) is 7.35. The van der Waals surface area contributed by atoms with E-state index in [0.717, 1.165) is 28.5 Å². The molecule has 2 atom stereocenters. The minimum Gasteiger partial charge on any atom is -0.490 e. The summed E-state index contributed by atoms with van der Waals surface area (Å²) in [4.78, 5) is 16.3. The van der Waals surface area contributed by atoms with Crippen molar-refractivity contribution < 1.29 is 14.3 Å². The Bertz CT molecular complexity index is 998. The fraction of sp³-hybridized carbons (Fsp3) is 0.273. The van der Waals surface area contributed by atoms with Crippen LogP contribution in [0.5, 0.6) is 5.75 Å². The molecule has 3 aromatic rings. The molecular weight excluding hydrogens is 390 g/mol. The highest BCUT2D eigenvalue weighted by Crippen LogP contribution is 2.23. The molecule has 6 nitrogen and oxygen atoms in total. The molecule has 0 aliphatic carbocycles. The normalized spacial score (nSPS) is 18.9. The van der Waals surface area contributed by atoms with E-state index < -0.39 is 12.3 Å². The smallest absolute Gasteiger partial charge is 0.408 e. The van der Waals surface area contributed by atoms with Gasteiger partial charge in [0.25, 0.3) is 0 Å². The molecule has 0 unspecified atom stereocenters. The van der Waals surface area contributed by atoms with Crippen LogP contribution in [0.4, 0.5) is 4.79 Å². The Morgan fingerprint density at radius 3 is 3.00 bits per heavy atom. The quantitative estimate of drug-likeness (QED) is 0.655. The summed E-state index contributed by atoms with van der Waals surface area (Å²) in [5.41, 5.74) is 0.843. The Morgan fingerprint density at radius 2 is 2.10 bits per heavy atom. The number of rotatable bonds is 5. The summed E-state index contributed by atoms with van der Waals surface area (Å²) in [5.74, 6) is 0.803. The molecule has 0 saturated carbocycles. The first-order valence-corrected chi connectivity index (χ1v) is 9.97. The number of piperidine rings is 1. The van der Waals surface area contributed by atoms with E-state index in [2.05, 4.69) is 15.6 Å². The van der Waals surface area contributed by atoms with Crippen LogP contribution in [0, 0.1) is 0 Å². The predicted octanol–water partition coefficient (Wildman–Crippen LogP) is 4.27. The average molecular weight is 412 g/mol. The maximum absolute atomic E-state index is 12.1. The van der Waals surface area contributed by atoms with Crippen LogP contribution in [0.2, 0.25) is 5.02 Å². The van der Waals surface area contributed by atoms with Crippen molar-refractivity contribution in [1.29, 1.82) is 0 Å². The molecule has 1 aliphatic rings. The molecule has 7 heteroatoms. The van der Waals surface area contributed by atoms with Crippen molar-refractivity contribution in [3.8, 4) is 5.75 Å². The monoisotopic (exact) mass is 411 g/mol. The average Bonchev–Trinajstić information content (AvgIpc) is 2.73. The molecule has 2 heterocycles. The van der Waals surface area contributed by atoms with Crippen LogP contribution in [-0.2, 0) is 11.3 Å². The van der Waals surface area contributed by atoms with Crippen molar-refractivity contribution in [2.24, 2.45) is 0 Å². The van der Waals surface area contributed by atoms with Gasteiger partial charge in [0.05, 0.1) is 0 Å². The van der Waals surface area contributed by atoms with Crippen LogP contribution in [0.25, 0.3) is 10.8 Å². The van der Waals surface area contributed by atoms with Gasteiger partial charge >= 0.3 is 6.09 Å². The number of hydrogen-bond acceptors (Lipinski definition) is 5. The lowest BCUT2D eigenvalue weighted by Crippen LogP contribution is -2.46. The number of amides is 1. The van der Waals surface area contributed by atoms with E-state index in [1.807, 2.05) is 48.7 Å². The second kappa shape index (κ2) is 9.11. The van der Waals surface area contributed by atoms with Crippen molar-refractivity contribution >= 4 is 28.5 Å². The van der Waals surface area contributed by atoms with Gasteiger partial charge in [-0.1, -0.05) is 29.8 Å². The molecule has 1 aliphatic heterocycles. The molecular formula is C22H22ClN3O3. The lowest BCUT2D eigenvalue weighted by molar-refractivity contribution is 0.0202. The lowest BCUT2D eigenvalue weighted by Gasteiger charge is -2.30. The zero-order valence-electron chi connectivity index (χ0n) is 15.8. The Morgan fingerprint density at radius 1 is 1.21 bits per heavy atom. The molecule has 0 spiro atoms. The van der Waals surface area contributed by atoms with Gasteiger partial charge in [0.2, 0.25) is 0 Å². The summed E-state index contributed by atoms with van der Waals surface area (Å²) < 4.78 is 11.6. The van der Waals surface area contributed by atoms with E-state index in [-0.39, 0.29) is 6.10 Å². The summed E-state index contributed by atoms with van der Waals surface area (Å²) in [6.07, 6.45) is 4.10. The van der Waals surface area contributed by atoms with E-state index >= 15 is 0 Å². The fourth-order valence-corrected chi connectivity index (χ4v) is 3.55. The van der Waals surface area contributed by atoms with E-state index in [0.29, 0.717) is 24.5 Å². The highest BCUT2D eigenvalue weighted by molar-refractivity contribution is 6.31. The van der Waals surface area contributed by atoms with Crippen LogP contribution >= 0.6 is 11.6 Å². The fourth-order valence-electron chi connectivity index (χ4n) is 3.35. The first-order valence-electron chi connectivity index (χ1n) is 9.59. The topological polar surface area (TPSA) is 72.5 Å². The van der Waals surface area contributed by atoms with Crippen LogP contribution in [0.1, 0.15) is 18.4 Å². The van der Waals surface area contributed by atoms with Crippen LogP contribution in [0.3, 0.4) is 0 Å². The maximum atomic E-state index is 12.1. The zero-order chi connectivity index (χ0) is 20.1. The molecule has 29 heavy (non-hydrogen) atoms. The van der Waals surface area contributed by atoms with E-state index in [1.54, 1.807) is 12.3 Å². The highest BCUT2D eigenvalue weighted by atomic mass is 35.5. The lowest BCUT2D eigenvalue weighted by atomic mass is 10.1. The van der Waals surface area contributed by atoms with Crippen molar-refractivity contribution in [1.82, 2.24) is 15.6 Å². The second-order valence-electron chi connectivity index (χ2n) is 6.94. The first kappa shape index (κ1) is 19.5. The number of carbonyl (C=O) groups is 1. The Balaban J connectivity index is 1.29. The number of nitrogens with one attached hydrogen (secondary N) is 2. The minimum absolute atomic E-state index is 0.0306. The molecule has 1 fully saturated rings. The van der Waals surface area contributed by atoms with Gasteiger partial charge in [0.1, 0.15) is 11.9 Å². The van der Waals surface area contributed by atoms with Crippen molar-refractivity contribution in [2.45, 2.75) is 31.7 Å². The van der Waals surface area contributed by atoms with Gasteiger partial charge in [-0.25, -0.2) is 4.79 Å². The summed E-state index contributed by atoms with van der Waals surface area (Å²) in [7, 11) is 0. The number of fused-ring (bicyclic) bond motifs is 1. The molecule has 2 N–H and O–H groups in total. The number of benzene rings is 2. The number of halogens is 1. The summed E-state index contributed by atoms with van der Waals surface area (Å²) in [6.45, 7) is 1.03. The van der Waals surface area contributed by atoms with Crippen LogP contribution in [0.15, 0.2) is 60.9 Å². The molecule has 0 radical (unpaired) electrons. The van der Waals surface area contributed by atoms with Crippen LogP contribution in [-0.4, -0.2) is 30.0 Å². The van der Waals surface area contributed by atoms with E-state index in [4.69, 9.17) is 21.1 Å². The van der Waals surface area contributed by atoms with Gasteiger partial charge in [0.15, 0.2) is 6.23 Å². The molecule has 0 bridgehead atoms. The van der Waals surface area contributed by atoms with Gasteiger partial charge < -0.3 is 14.8 Å². The van der Waals surface area contributed by atoms with Crippen LogP contribution < -0.4 is 15.4 Å². The van der Waals surface area contributed by atoms with Crippen molar-refractivity contribution in [3.05, 3.63) is 71.5 Å². The van der Waals surface area contributed by atoms with Gasteiger partial charge in [-0.15, -0.1) is 0 Å². The van der Waals surface area contributed by atoms with Gasteiger partial charge in [-0.05, 0) is 47.7 Å². The van der Waals surface area contributed by atoms with Crippen molar-refractivity contribution in [3.63, 3.8) is 0 Å². The SMILES string of the molecule is O=C(NCc1ccccc1Cl)O[C@@H]1C[C@H](Oc2ccc3cnccc3c2)CCN1. The summed E-state index contributed by atoms with van der Waals surface area (Å²) in [6, 6.07) is 15.3. The number of ether oxygens (including phenoxy) is 2. The number of pyridine rings is 1. The molecule has 2 aromatic carbocycles. The number of aromatic nitrogens is 1. The van der Waals surface area contributed by atoms with Crippen molar-refractivity contribution in [2.75, 3.05) is 6.54 Å².